The summed E-state index contributed by atoms with van der Waals surface area (Å²) in [7, 11) is 0. The molecule has 1 fully saturated rings. The van der Waals surface area contributed by atoms with Crippen molar-refractivity contribution in [3.8, 4) is 22.9 Å². The monoisotopic (exact) mass is 596 g/mol. The van der Waals surface area contributed by atoms with E-state index in [4.69, 9.17) is 26.9 Å². The number of fused-ring (bicyclic) bond motifs is 1. The Balaban J connectivity index is 1.46. The highest BCUT2D eigenvalue weighted by Crippen LogP contribution is 2.33. The van der Waals surface area contributed by atoms with Gasteiger partial charge in [-0.05, 0) is 93.4 Å². The second-order valence-corrected chi connectivity index (χ2v) is 11.0. The first-order valence-electron chi connectivity index (χ1n) is 15.1. The van der Waals surface area contributed by atoms with E-state index in [9.17, 15) is 9.59 Å². The fourth-order valence-corrected chi connectivity index (χ4v) is 5.80. The first kappa shape index (κ1) is 30.6. The van der Waals surface area contributed by atoms with Crippen LogP contribution in [0.25, 0.3) is 22.4 Å². The molecule has 1 aliphatic heterocycles. The van der Waals surface area contributed by atoms with Crippen LogP contribution in [0.5, 0.6) is 11.5 Å². The van der Waals surface area contributed by atoms with Crippen molar-refractivity contribution in [2.75, 3.05) is 26.2 Å². The lowest BCUT2D eigenvalue weighted by Gasteiger charge is -2.22. The molecule has 0 saturated carbocycles. The molecule has 230 valence electrons. The van der Waals surface area contributed by atoms with E-state index in [-0.39, 0.29) is 11.9 Å². The maximum atomic E-state index is 13.2. The van der Waals surface area contributed by atoms with E-state index in [1.807, 2.05) is 65.2 Å². The van der Waals surface area contributed by atoms with Crippen LogP contribution < -0.4 is 27.3 Å². The minimum Gasteiger partial charge on any atom is -0.457 e. The molecule has 1 saturated heterocycles. The van der Waals surface area contributed by atoms with Crippen molar-refractivity contribution in [2.45, 2.75) is 44.7 Å². The molecule has 2 atom stereocenters. The zero-order valence-electron chi connectivity index (χ0n) is 25.0. The smallest absolute Gasteiger partial charge is 0.251 e. The number of ether oxygens (including phenoxy) is 1. The van der Waals surface area contributed by atoms with Crippen molar-refractivity contribution in [2.24, 2.45) is 22.2 Å². The summed E-state index contributed by atoms with van der Waals surface area (Å²) in [5.74, 6) is 1.28. The van der Waals surface area contributed by atoms with E-state index in [1.165, 1.54) is 0 Å². The van der Waals surface area contributed by atoms with Crippen molar-refractivity contribution in [3.05, 3.63) is 78.4 Å². The largest absolute Gasteiger partial charge is 0.457 e. The van der Waals surface area contributed by atoms with E-state index in [1.54, 1.807) is 12.1 Å². The van der Waals surface area contributed by atoms with Gasteiger partial charge in [0.2, 0.25) is 5.91 Å². The molecule has 2 amide bonds. The third kappa shape index (κ3) is 7.17. The van der Waals surface area contributed by atoms with Gasteiger partial charge in [0.15, 0.2) is 5.96 Å². The number of imidazole rings is 1. The maximum Gasteiger partial charge on any atom is 0.251 e. The molecule has 7 N–H and O–H groups in total. The summed E-state index contributed by atoms with van der Waals surface area (Å²) in [6.45, 7) is 5.14. The van der Waals surface area contributed by atoms with Crippen LogP contribution in [-0.2, 0) is 4.79 Å². The van der Waals surface area contributed by atoms with Crippen molar-refractivity contribution >= 4 is 28.8 Å². The average Bonchev–Trinajstić information content (AvgIpc) is 3.64. The van der Waals surface area contributed by atoms with Gasteiger partial charge >= 0.3 is 0 Å². The van der Waals surface area contributed by atoms with Crippen molar-refractivity contribution in [3.63, 3.8) is 0 Å². The molecule has 0 aliphatic carbocycles. The topological polar surface area (TPSA) is 167 Å². The molecule has 5 rings (SSSR count). The van der Waals surface area contributed by atoms with E-state index in [2.05, 4.69) is 22.1 Å². The van der Waals surface area contributed by atoms with Crippen LogP contribution in [0.2, 0.25) is 0 Å². The predicted octanol–water partition coefficient (Wildman–Crippen LogP) is 3.79. The molecule has 1 aromatic heterocycles. The number of likely N-dealkylation sites (tertiary alicyclic amines) is 1. The van der Waals surface area contributed by atoms with Crippen molar-refractivity contribution in [1.29, 1.82) is 0 Å². The zero-order valence-corrected chi connectivity index (χ0v) is 25.0. The Morgan fingerprint density at radius 3 is 2.50 bits per heavy atom. The molecular formula is C33H40N8O3. The molecule has 0 bridgehead atoms. The summed E-state index contributed by atoms with van der Waals surface area (Å²) in [4.78, 5) is 37.4. The molecule has 4 aromatic rings. The van der Waals surface area contributed by atoms with Crippen LogP contribution in [0.4, 0.5) is 0 Å². The molecule has 2 heterocycles. The molecule has 44 heavy (non-hydrogen) atoms. The summed E-state index contributed by atoms with van der Waals surface area (Å²) >= 11 is 0. The Morgan fingerprint density at radius 1 is 1.05 bits per heavy atom. The number of benzene rings is 3. The van der Waals surface area contributed by atoms with Crippen LogP contribution in [0.1, 0.15) is 49.0 Å². The lowest BCUT2D eigenvalue weighted by Crippen LogP contribution is -2.40. The second kappa shape index (κ2) is 14.0. The number of aliphatic imine (C=N–C) groups is 1. The summed E-state index contributed by atoms with van der Waals surface area (Å²) in [5.41, 5.74) is 19.5. The summed E-state index contributed by atoms with van der Waals surface area (Å²) in [6, 6.07) is 22.0. The van der Waals surface area contributed by atoms with E-state index in [0.717, 1.165) is 37.2 Å². The number of nitrogens with zero attached hydrogens (tertiary/aromatic N) is 4. The van der Waals surface area contributed by atoms with Crippen LogP contribution in [0, 0.1) is 0 Å². The second-order valence-electron chi connectivity index (χ2n) is 11.0. The fraction of sp³-hybridized carbons (Fsp3) is 0.333. The maximum absolute atomic E-state index is 13.2. The number of rotatable bonds is 13. The molecular weight excluding hydrogens is 556 g/mol. The minimum absolute atomic E-state index is 0.00616. The van der Waals surface area contributed by atoms with Crippen LogP contribution in [0.15, 0.2) is 77.8 Å². The molecule has 0 spiro atoms. The number of nitrogens with one attached hydrogen (secondary N) is 1. The highest BCUT2D eigenvalue weighted by molar-refractivity contribution is 5.98. The molecule has 11 nitrogen and oxygen atoms in total. The normalized spacial score (nSPS) is 15.6. The van der Waals surface area contributed by atoms with Crippen molar-refractivity contribution < 1.29 is 14.3 Å². The Morgan fingerprint density at radius 2 is 1.80 bits per heavy atom. The molecule has 3 aromatic carbocycles. The summed E-state index contributed by atoms with van der Waals surface area (Å²) in [6.07, 6.45) is 3.16. The lowest BCUT2D eigenvalue weighted by atomic mass is 10.1. The number of primary amides is 1. The number of carbonyl (C=O) groups excluding carboxylic acids is 2. The van der Waals surface area contributed by atoms with Gasteiger partial charge in [0.05, 0.1) is 11.0 Å². The van der Waals surface area contributed by atoms with Gasteiger partial charge in [-0.2, -0.15) is 0 Å². The number of aromatic nitrogens is 2. The first-order valence-corrected chi connectivity index (χ1v) is 15.1. The van der Waals surface area contributed by atoms with Crippen LogP contribution >= 0.6 is 0 Å². The number of carbonyl (C=O) groups is 2. The number of nitrogens with two attached hydrogens (primary N) is 3. The van der Waals surface area contributed by atoms with Gasteiger partial charge < -0.3 is 31.8 Å². The van der Waals surface area contributed by atoms with E-state index in [0.29, 0.717) is 60.1 Å². The number of amides is 2. The molecule has 0 radical (unpaired) electrons. The average molecular weight is 597 g/mol. The van der Waals surface area contributed by atoms with Gasteiger partial charge in [0, 0.05) is 30.3 Å². The Labute approximate surface area is 257 Å². The van der Waals surface area contributed by atoms with E-state index >= 15 is 0 Å². The third-order valence-corrected chi connectivity index (χ3v) is 8.02. The Bertz CT molecular complexity index is 1610. The SMILES string of the molecule is CCN1CCCC1CNC(=O)c1ccc2c(c1)nc(-c1ccc(Oc3ccccc3)cc1)n2[C@@H](CCCN=C(N)N)C(N)=O. The molecule has 1 unspecified atom stereocenters. The van der Waals surface area contributed by atoms with Gasteiger partial charge in [-0.25, -0.2) is 4.98 Å². The number of para-hydroxylation sites is 1. The number of hydrogen-bond acceptors (Lipinski definition) is 6. The quantitative estimate of drug-likeness (QED) is 0.103. The lowest BCUT2D eigenvalue weighted by molar-refractivity contribution is -0.121. The number of hydrogen-bond donors (Lipinski definition) is 4. The van der Waals surface area contributed by atoms with Crippen LogP contribution in [-0.4, -0.2) is 64.4 Å². The van der Waals surface area contributed by atoms with Gasteiger partial charge in [-0.1, -0.05) is 25.1 Å². The Kier molecular flexibility index (Phi) is 9.75. The highest BCUT2D eigenvalue weighted by atomic mass is 16.5. The van der Waals surface area contributed by atoms with Gasteiger partial charge in [-0.15, -0.1) is 0 Å². The van der Waals surface area contributed by atoms with E-state index < -0.39 is 11.9 Å². The van der Waals surface area contributed by atoms with Crippen LogP contribution in [0.3, 0.4) is 0 Å². The summed E-state index contributed by atoms with van der Waals surface area (Å²) in [5, 5.41) is 3.10. The Hall–Kier alpha value is -4.90. The van der Waals surface area contributed by atoms with Gasteiger partial charge in [0.1, 0.15) is 23.4 Å². The van der Waals surface area contributed by atoms with Gasteiger partial charge in [0.25, 0.3) is 5.91 Å². The summed E-state index contributed by atoms with van der Waals surface area (Å²) < 4.78 is 7.81. The third-order valence-electron chi connectivity index (χ3n) is 8.02. The highest BCUT2D eigenvalue weighted by Gasteiger charge is 2.26. The standard InChI is InChI=1S/C33H40N8O3/c1-2-40-19-7-8-24(40)21-38-32(43)23-14-17-28-27(20-23)39-31(41(28)29(30(34)42)11-6-18-37-33(35)36)22-12-15-26(16-13-22)44-25-9-4-3-5-10-25/h3-5,9-10,12-17,20,24,29H,2,6-8,11,18-19,21H2,1H3,(H2,34,42)(H,38,43)(H4,35,36,37)/t24?,29-/m0/s1. The fourth-order valence-electron chi connectivity index (χ4n) is 5.80. The number of guanidine groups is 1. The first-order chi connectivity index (χ1) is 21.3. The zero-order chi connectivity index (χ0) is 31.1. The minimum atomic E-state index is -0.716. The molecule has 1 aliphatic rings. The van der Waals surface area contributed by atoms with Crippen molar-refractivity contribution in [1.82, 2.24) is 19.8 Å². The number of likely N-dealkylation sites (N-methyl/N-ethyl adjacent to an activating group) is 1. The van der Waals surface area contributed by atoms with Gasteiger partial charge in [-0.3, -0.25) is 19.5 Å². The molecule has 11 heteroatoms. The predicted molar refractivity (Wildman–Crippen MR) is 172 cm³/mol.